The van der Waals surface area contributed by atoms with Gasteiger partial charge in [0.2, 0.25) is 0 Å². The average molecular weight is 513 g/mol. The fourth-order valence-corrected chi connectivity index (χ4v) is 5.46. The van der Waals surface area contributed by atoms with Gasteiger partial charge in [0.15, 0.2) is 0 Å². The van der Waals surface area contributed by atoms with Crippen LogP contribution in [0.15, 0.2) is 12.2 Å². The summed E-state index contributed by atoms with van der Waals surface area (Å²) in [6, 6.07) is 0. The molecule has 0 bridgehead atoms. The molecule has 0 aliphatic heterocycles. The van der Waals surface area contributed by atoms with Crippen LogP contribution in [0.1, 0.15) is 169 Å². The van der Waals surface area contributed by atoms with Gasteiger partial charge in [-0.05, 0) is 33.1 Å². The minimum absolute atomic E-state index is 0.0640. The van der Waals surface area contributed by atoms with Gasteiger partial charge >= 0.3 is 0 Å². The van der Waals surface area contributed by atoms with Crippen LogP contribution in [0.3, 0.4) is 0 Å². The van der Waals surface area contributed by atoms with Gasteiger partial charge in [0, 0.05) is 21.3 Å². The largest absolute Gasteiger partial charge is 0.330 e. The zero-order valence-electron chi connectivity index (χ0n) is 26.2. The van der Waals surface area contributed by atoms with Crippen molar-refractivity contribution in [2.24, 2.45) is 5.41 Å². The number of allylic oxidation sites excluding steroid dienone is 2. The molecule has 0 atom stereocenters. The van der Waals surface area contributed by atoms with Gasteiger partial charge in [-0.2, -0.15) is 0 Å². The highest BCUT2D eigenvalue weighted by molar-refractivity contribution is 4.89. The second-order valence-electron chi connectivity index (χ2n) is 10.7. The highest BCUT2D eigenvalue weighted by Gasteiger charge is 2.52. The first-order chi connectivity index (χ1) is 17.5. The first-order valence-corrected chi connectivity index (χ1v) is 15.8. The summed E-state index contributed by atoms with van der Waals surface area (Å²) in [4.78, 5) is 0. The Morgan fingerprint density at radius 1 is 0.417 bits per heavy atom. The average Bonchev–Trinajstić information content (AvgIpc) is 2.91. The normalized spacial score (nSPS) is 12.2. The van der Waals surface area contributed by atoms with E-state index in [1.165, 1.54) is 116 Å². The van der Waals surface area contributed by atoms with Gasteiger partial charge in [-0.15, -0.1) is 0 Å². The summed E-state index contributed by atoms with van der Waals surface area (Å²) in [5, 5.41) is 0. The molecule has 218 valence electrons. The summed E-state index contributed by atoms with van der Waals surface area (Å²) < 4.78 is 18.1. The first kappa shape index (κ1) is 37.8. The predicted octanol–water partition coefficient (Wildman–Crippen LogP) is 11.4. The molecule has 0 rings (SSSR count). The molecule has 0 saturated heterocycles. The van der Waals surface area contributed by atoms with E-state index in [0.29, 0.717) is 0 Å². The molecule has 0 aromatic rings. The van der Waals surface area contributed by atoms with E-state index in [4.69, 9.17) is 14.2 Å². The van der Waals surface area contributed by atoms with Crippen LogP contribution in [0.2, 0.25) is 0 Å². The van der Waals surface area contributed by atoms with Crippen molar-refractivity contribution in [1.82, 2.24) is 0 Å². The van der Waals surface area contributed by atoms with Crippen LogP contribution in [0.5, 0.6) is 0 Å². The fourth-order valence-electron chi connectivity index (χ4n) is 5.46. The van der Waals surface area contributed by atoms with Crippen LogP contribution in [-0.2, 0) is 14.2 Å². The predicted molar refractivity (Wildman–Crippen MR) is 161 cm³/mol. The van der Waals surface area contributed by atoms with Crippen molar-refractivity contribution in [1.29, 1.82) is 0 Å². The van der Waals surface area contributed by atoms with Crippen LogP contribution >= 0.6 is 0 Å². The van der Waals surface area contributed by atoms with Crippen molar-refractivity contribution in [3.63, 3.8) is 0 Å². The summed E-state index contributed by atoms with van der Waals surface area (Å²) in [5.41, 5.74) is -0.0640. The van der Waals surface area contributed by atoms with Crippen molar-refractivity contribution in [3.05, 3.63) is 12.2 Å². The van der Waals surface area contributed by atoms with Gasteiger partial charge in [-0.1, -0.05) is 148 Å². The van der Waals surface area contributed by atoms with E-state index in [0.717, 1.165) is 19.3 Å². The molecular formula is C33H68O3. The quantitative estimate of drug-likeness (QED) is 0.0691. The van der Waals surface area contributed by atoms with Crippen molar-refractivity contribution in [3.8, 4) is 0 Å². The summed E-state index contributed by atoms with van der Waals surface area (Å²) in [6.45, 7) is 10.9. The third kappa shape index (κ3) is 17.2. The molecule has 36 heavy (non-hydrogen) atoms. The Bertz CT molecular complexity index is 389. The summed E-state index contributed by atoms with van der Waals surface area (Å²) in [7, 11) is 5.31. The molecule has 3 nitrogen and oxygen atoms in total. The molecule has 0 aromatic carbocycles. The molecule has 0 fully saturated rings. The number of hydrogen-bond acceptors (Lipinski definition) is 3. The molecule has 0 amide bonds. The van der Waals surface area contributed by atoms with Crippen LogP contribution in [-0.4, -0.2) is 27.3 Å². The minimum Gasteiger partial charge on any atom is -0.330 e. The Labute approximate surface area is 228 Å². The van der Waals surface area contributed by atoms with E-state index < -0.39 is 5.97 Å². The van der Waals surface area contributed by atoms with E-state index >= 15 is 0 Å². The Morgan fingerprint density at radius 2 is 0.667 bits per heavy atom. The lowest BCUT2D eigenvalue weighted by atomic mass is 9.71. The van der Waals surface area contributed by atoms with E-state index in [-0.39, 0.29) is 5.41 Å². The number of methoxy groups -OCH3 is 3. The SMILES string of the molecule is CC=CC.CCCCCCCCC(CCCCCCCC)(CCCCCCCC)C(OC)(OC)OC. The monoisotopic (exact) mass is 513 g/mol. The summed E-state index contributed by atoms with van der Waals surface area (Å²) in [5.74, 6) is -0.927. The van der Waals surface area contributed by atoms with Gasteiger partial charge in [-0.25, -0.2) is 0 Å². The molecule has 0 aliphatic rings. The summed E-state index contributed by atoms with van der Waals surface area (Å²) in [6.07, 6.45) is 31.2. The molecule has 0 saturated carbocycles. The maximum Gasteiger partial charge on any atom is 0.288 e. The third-order valence-corrected chi connectivity index (χ3v) is 7.82. The molecule has 0 radical (unpaired) electrons. The Balaban J connectivity index is 0. The topological polar surface area (TPSA) is 27.7 Å². The Kier molecular flexibility index (Phi) is 29.0. The van der Waals surface area contributed by atoms with E-state index in [9.17, 15) is 0 Å². The number of hydrogen-bond donors (Lipinski definition) is 0. The van der Waals surface area contributed by atoms with Gasteiger partial charge in [0.1, 0.15) is 0 Å². The number of rotatable bonds is 25. The van der Waals surface area contributed by atoms with Crippen molar-refractivity contribution in [2.45, 2.75) is 175 Å². The lowest BCUT2D eigenvalue weighted by molar-refractivity contribution is -0.411. The number of unbranched alkanes of at least 4 members (excludes halogenated alkanes) is 15. The smallest absolute Gasteiger partial charge is 0.288 e. The van der Waals surface area contributed by atoms with Crippen LogP contribution in [0.25, 0.3) is 0 Å². The second kappa shape index (κ2) is 27.6. The highest BCUT2D eigenvalue weighted by Crippen LogP contribution is 2.49. The first-order valence-electron chi connectivity index (χ1n) is 15.8. The zero-order valence-corrected chi connectivity index (χ0v) is 26.2. The van der Waals surface area contributed by atoms with Crippen molar-refractivity contribution in [2.75, 3.05) is 21.3 Å². The second-order valence-corrected chi connectivity index (χ2v) is 10.7. The van der Waals surface area contributed by atoms with Gasteiger partial charge < -0.3 is 14.2 Å². The van der Waals surface area contributed by atoms with E-state index in [2.05, 4.69) is 20.8 Å². The van der Waals surface area contributed by atoms with Crippen molar-refractivity contribution < 1.29 is 14.2 Å². The van der Waals surface area contributed by atoms with Gasteiger partial charge in [0.25, 0.3) is 5.97 Å². The van der Waals surface area contributed by atoms with E-state index in [1.807, 2.05) is 26.0 Å². The Hall–Kier alpha value is -0.380. The lowest BCUT2D eigenvalue weighted by Gasteiger charge is -2.47. The Morgan fingerprint density at radius 3 is 0.889 bits per heavy atom. The molecule has 0 aliphatic carbocycles. The van der Waals surface area contributed by atoms with Gasteiger partial charge in [-0.3, -0.25) is 0 Å². The van der Waals surface area contributed by atoms with Crippen LogP contribution in [0.4, 0.5) is 0 Å². The van der Waals surface area contributed by atoms with E-state index in [1.54, 1.807) is 21.3 Å². The minimum atomic E-state index is -0.927. The zero-order chi connectivity index (χ0) is 27.4. The molecule has 0 aromatic heterocycles. The molecular weight excluding hydrogens is 444 g/mol. The maximum absolute atomic E-state index is 6.04. The molecule has 0 heterocycles. The van der Waals surface area contributed by atoms with Crippen LogP contribution < -0.4 is 0 Å². The van der Waals surface area contributed by atoms with Gasteiger partial charge in [0.05, 0.1) is 5.41 Å². The molecule has 0 unspecified atom stereocenters. The molecule has 3 heteroatoms. The van der Waals surface area contributed by atoms with Crippen LogP contribution in [0, 0.1) is 5.41 Å². The highest BCUT2D eigenvalue weighted by atomic mass is 16.9. The molecule has 0 N–H and O–H groups in total. The summed E-state index contributed by atoms with van der Waals surface area (Å²) >= 11 is 0. The molecule has 0 spiro atoms. The lowest BCUT2D eigenvalue weighted by Crippen LogP contribution is -2.53. The fraction of sp³-hybridized carbons (Fsp3) is 0.939. The maximum atomic E-state index is 6.04. The third-order valence-electron chi connectivity index (χ3n) is 7.82. The van der Waals surface area contributed by atoms with Crippen molar-refractivity contribution >= 4 is 0 Å². The number of ether oxygens (including phenoxy) is 3. The standard InChI is InChI=1S/C29H60O3.C4H8/c1-7-10-13-16-19-22-25-28(29(30-4,31-5)32-6,26-23-20-17-14-11-8-2)27-24-21-18-15-12-9-3;1-3-4-2/h7-27H2,1-6H3;3-4H,1-2H3.